The van der Waals surface area contributed by atoms with Crippen molar-refractivity contribution in [2.24, 2.45) is 5.92 Å². The van der Waals surface area contributed by atoms with Crippen molar-refractivity contribution in [3.8, 4) is 0 Å². The third kappa shape index (κ3) is 7.25. The van der Waals surface area contributed by atoms with Crippen molar-refractivity contribution in [3.63, 3.8) is 0 Å². The Hall–Kier alpha value is -3.02. The molecule has 36 heavy (non-hydrogen) atoms. The van der Waals surface area contributed by atoms with Gasteiger partial charge >= 0.3 is 11.9 Å². The number of benzene rings is 1. The van der Waals surface area contributed by atoms with Crippen molar-refractivity contribution in [1.29, 1.82) is 0 Å². The van der Waals surface area contributed by atoms with Crippen molar-refractivity contribution in [3.05, 3.63) is 57.3 Å². The number of carbonyl (C=O) groups is 3. The van der Waals surface area contributed by atoms with Crippen LogP contribution in [0.2, 0.25) is 0 Å². The van der Waals surface area contributed by atoms with Gasteiger partial charge in [0.2, 0.25) is 10.0 Å². The number of hydrogen-bond donors (Lipinski definition) is 2. The van der Waals surface area contributed by atoms with E-state index < -0.39 is 46.4 Å². The molecular formula is C25H30N2O7S2. The Labute approximate surface area is 214 Å². The van der Waals surface area contributed by atoms with Crippen LogP contribution in [-0.2, 0) is 41.9 Å². The Bertz CT molecular complexity index is 1230. The summed E-state index contributed by atoms with van der Waals surface area (Å²) >= 11 is 1.32. The van der Waals surface area contributed by atoms with Gasteiger partial charge in [0.1, 0.15) is 11.0 Å². The van der Waals surface area contributed by atoms with Gasteiger partial charge < -0.3 is 14.8 Å². The maximum Gasteiger partial charge on any atom is 0.341 e. The summed E-state index contributed by atoms with van der Waals surface area (Å²) in [7, 11) is -3.96. The zero-order valence-corrected chi connectivity index (χ0v) is 22.0. The molecule has 2 aromatic rings. The number of aryl methyl sites for hydroxylation is 1. The van der Waals surface area contributed by atoms with E-state index in [9.17, 15) is 22.8 Å². The van der Waals surface area contributed by atoms with Crippen molar-refractivity contribution in [2.75, 3.05) is 18.5 Å². The highest BCUT2D eigenvalue weighted by atomic mass is 32.2. The molecule has 194 valence electrons. The van der Waals surface area contributed by atoms with E-state index in [4.69, 9.17) is 9.47 Å². The predicted octanol–water partition coefficient (Wildman–Crippen LogP) is 3.51. The summed E-state index contributed by atoms with van der Waals surface area (Å²) in [6, 6.07) is 7.66. The summed E-state index contributed by atoms with van der Waals surface area (Å²) in [6.45, 7) is 4.61. The van der Waals surface area contributed by atoms with E-state index in [0.717, 1.165) is 35.1 Å². The van der Waals surface area contributed by atoms with Gasteiger partial charge in [-0.15, -0.1) is 11.3 Å². The Morgan fingerprint density at radius 1 is 1.11 bits per heavy atom. The van der Waals surface area contributed by atoms with Crippen molar-refractivity contribution < 1.29 is 32.3 Å². The molecule has 0 bridgehead atoms. The normalized spacial score (nSPS) is 14.0. The van der Waals surface area contributed by atoms with Crippen molar-refractivity contribution in [2.45, 2.75) is 46.1 Å². The maximum absolute atomic E-state index is 12.6. The molecule has 1 aromatic carbocycles. The van der Waals surface area contributed by atoms with Crippen LogP contribution in [0.4, 0.5) is 5.00 Å². The van der Waals surface area contributed by atoms with Crippen LogP contribution in [0.1, 0.15) is 53.6 Å². The molecule has 0 aliphatic heterocycles. The lowest BCUT2D eigenvalue weighted by atomic mass is 10.1. The monoisotopic (exact) mass is 534 g/mol. The molecule has 1 aromatic heterocycles. The standard InChI is InChI=1S/C25H30N2O7S2/c1-4-33-24(29)21-18-11-8-12-19(18)35-23(21)26-20(28)15-34-25(30)22(16(2)3)27-36(31,32)14-13-17-9-6-5-7-10-17/h5-7,9-10,13-14,16,22,27H,4,8,11-12,15H2,1-3H3,(H,26,28)/b14-13+. The highest BCUT2D eigenvalue weighted by Gasteiger charge is 2.30. The number of rotatable bonds is 11. The second kappa shape index (κ2) is 12.3. The minimum atomic E-state index is -3.96. The molecule has 9 nitrogen and oxygen atoms in total. The Morgan fingerprint density at radius 3 is 2.50 bits per heavy atom. The fourth-order valence-electron chi connectivity index (χ4n) is 3.71. The first-order valence-electron chi connectivity index (χ1n) is 11.6. The van der Waals surface area contributed by atoms with Crippen LogP contribution in [0.15, 0.2) is 35.7 Å². The number of esters is 2. The van der Waals surface area contributed by atoms with Gasteiger partial charge in [0.25, 0.3) is 5.91 Å². The number of amides is 1. The molecule has 0 spiro atoms. The third-order valence-electron chi connectivity index (χ3n) is 5.45. The lowest BCUT2D eigenvalue weighted by Crippen LogP contribution is -2.45. The van der Waals surface area contributed by atoms with Gasteiger partial charge in [-0.25, -0.2) is 13.2 Å². The van der Waals surface area contributed by atoms with Crippen LogP contribution in [0, 0.1) is 5.92 Å². The fraction of sp³-hybridized carbons (Fsp3) is 0.400. The first-order chi connectivity index (χ1) is 17.1. The molecule has 1 amide bonds. The summed E-state index contributed by atoms with van der Waals surface area (Å²) in [5, 5.41) is 3.99. The third-order valence-corrected chi connectivity index (χ3v) is 7.73. The van der Waals surface area contributed by atoms with Crippen LogP contribution in [0.3, 0.4) is 0 Å². The first-order valence-corrected chi connectivity index (χ1v) is 14.0. The molecule has 1 aliphatic carbocycles. The molecule has 2 N–H and O–H groups in total. The van der Waals surface area contributed by atoms with Crippen molar-refractivity contribution >= 4 is 50.3 Å². The highest BCUT2D eigenvalue weighted by molar-refractivity contribution is 7.92. The first kappa shape index (κ1) is 27.6. The predicted molar refractivity (Wildman–Crippen MR) is 138 cm³/mol. The molecule has 11 heteroatoms. The molecule has 0 saturated carbocycles. The minimum absolute atomic E-state index is 0.210. The molecule has 0 saturated heterocycles. The number of fused-ring (bicyclic) bond motifs is 1. The minimum Gasteiger partial charge on any atom is -0.462 e. The molecule has 3 rings (SSSR count). The molecule has 0 radical (unpaired) electrons. The maximum atomic E-state index is 12.6. The number of nitrogens with one attached hydrogen (secondary N) is 2. The lowest BCUT2D eigenvalue weighted by molar-refractivity contribution is -0.150. The Balaban J connectivity index is 1.62. The number of hydrogen-bond acceptors (Lipinski definition) is 8. The molecular weight excluding hydrogens is 504 g/mol. The number of sulfonamides is 1. The van der Waals surface area contributed by atoms with Gasteiger partial charge in [-0.3, -0.25) is 9.59 Å². The molecule has 1 unspecified atom stereocenters. The topological polar surface area (TPSA) is 128 Å². The molecule has 1 heterocycles. The summed E-state index contributed by atoms with van der Waals surface area (Å²) in [5.41, 5.74) is 1.93. The zero-order valence-electron chi connectivity index (χ0n) is 20.4. The lowest BCUT2D eigenvalue weighted by Gasteiger charge is -2.19. The van der Waals surface area contributed by atoms with Gasteiger partial charge in [0, 0.05) is 10.3 Å². The average molecular weight is 535 g/mol. The van der Waals surface area contributed by atoms with Gasteiger partial charge in [0.05, 0.1) is 12.2 Å². The van der Waals surface area contributed by atoms with E-state index in [1.165, 1.54) is 17.4 Å². The summed E-state index contributed by atoms with van der Waals surface area (Å²) < 4.78 is 37.6. The van der Waals surface area contributed by atoms with Crippen molar-refractivity contribution in [1.82, 2.24) is 4.72 Å². The van der Waals surface area contributed by atoms with Gasteiger partial charge in [0.15, 0.2) is 6.61 Å². The number of thiophene rings is 1. The quantitative estimate of drug-likeness (QED) is 0.422. The van der Waals surface area contributed by atoms with E-state index >= 15 is 0 Å². The largest absolute Gasteiger partial charge is 0.462 e. The summed E-state index contributed by atoms with van der Waals surface area (Å²) in [5.74, 6) is -2.45. The number of ether oxygens (including phenoxy) is 2. The van der Waals surface area contributed by atoms with Gasteiger partial charge in [-0.1, -0.05) is 44.2 Å². The van der Waals surface area contributed by atoms with E-state index in [1.807, 2.05) is 6.07 Å². The average Bonchev–Trinajstić information content (AvgIpc) is 3.41. The van der Waals surface area contributed by atoms with Crippen LogP contribution in [0.5, 0.6) is 0 Å². The van der Waals surface area contributed by atoms with Crippen LogP contribution in [-0.4, -0.2) is 45.5 Å². The highest BCUT2D eigenvalue weighted by Crippen LogP contribution is 2.39. The molecule has 1 aliphatic rings. The van der Waals surface area contributed by atoms with E-state index in [0.29, 0.717) is 16.1 Å². The summed E-state index contributed by atoms with van der Waals surface area (Å²) in [4.78, 5) is 38.7. The number of anilines is 1. The molecule has 1 atom stereocenters. The second-order valence-corrected chi connectivity index (χ2v) is 11.2. The van der Waals surface area contributed by atoms with E-state index in [-0.39, 0.29) is 6.61 Å². The summed E-state index contributed by atoms with van der Waals surface area (Å²) in [6.07, 6.45) is 3.91. The Morgan fingerprint density at radius 2 is 1.83 bits per heavy atom. The SMILES string of the molecule is CCOC(=O)c1c(NC(=O)COC(=O)C(NS(=O)(=O)/C=C/c2ccccc2)C(C)C)sc2c1CCC2. The Kier molecular flexibility index (Phi) is 9.41. The zero-order chi connectivity index (χ0) is 26.3. The van der Waals surface area contributed by atoms with Crippen LogP contribution in [0.25, 0.3) is 6.08 Å². The van der Waals surface area contributed by atoms with Gasteiger partial charge in [-0.2, -0.15) is 4.72 Å². The number of carbonyl (C=O) groups excluding carboxylic acids is 3. The van der Waals surface area contributed by atoms with Crippen LogP contribution >= 0.6 is 11.3 Å². The van der Waals surface area contributed by atoms with Gasteiger partial charge in [-0.05, 0) is 49.3 Å². The van der Waals surface area contributed by atoms with Crippen LogP contribution < -0.4 is 10.0 Å². The smallest absolute Gasteiger partial charge is 0.341 e. The van der Waals surface area contributed by atoms with E-state index in [2.05, 4.69) is 10.0 Å². The fourth-order valence-corrected chi connectivity index (χ4v) is 6.14. The second-order valence-electron chi connectivity index (χ2n) is 8.54. The van der Waals surface area contributed by atoms with E-state index in [1.54, 1.807) is 45.0 Å². The molecule has 0 fully saturated rings.